The van der Waals surface area contributed by atoms with Crippen LogP contribution in [0.5, 0.6) is 11.5 Å². The van der Waals surface area contributed by atoms with Crippen LogP contribution in [0.1, 0.15) is 5.56 Å². The van der Waals surface area contributed by atoms with Gasteiger partial charge in [0.05, 0.1) is 0 Å². The third-order valence-electron chi connectivity index (χ3n) is 2.64. The van der Waals surface area contributed by atoms with Crippen molar-refractivity contribution in [3.63, 3.8) is 0 Å². The van der Waals surface area contributed by atoms with Gasteiger partial charge in [-0.1, -0.05) is 42.5 Å². The fourth-order valence-electron chi connectivity index (χ4n) is 1.59. The molecule has 0 saturated carbocycles. The maximum atomic E-state index is 11.7. The topological polar surface area (TPSA) is 59.0 Å². The first-order valence-corrected chi connectivity index (χ1v) is 6.08. The number of aromatic hydroxyl groups is 1. The zero-order valence-corrected chi connectivity index (χ0v) is 11.0. The van der Waals surface area contributed by atoms with E-state index in [0.29, 0.717) is 6.54 Å². The van der Waals surface area contributed by atoms with Gasteiger partial charge in [-0.15, -0.1) is 0 Å². The third-order valence-corrected chi connectivity index (χ3v) is 2.64. The summed E-state index contributed by atoms with van der Waals surface area (Å²) in [6, 6.07) is 15.8. The lowest BCUT2D eigenvalue weighted by Gasteiger charge is -2.15. The fraction of sp³-hybridized carbons (Fsp3) is 0.133. The number of benzene rings is 2. The van der Waals surface area contributed by atoms with Gasteiger partial charge in [-0.05, 0) is 17.7 Å². The summed E-state index contributed by atoms with van der Waals surface area (Å²) in [6.45, 7) is 0.407. The molecule has 5 nitrogen and oxygen atoms in total. The number of phenolic OH excluding ortho intramolecular Hbond substituents is 1. The van der Waals surface area contributed by atoms with Gasteiger partial charge < -0.3 is 10.0 Å². The van der Waals surface area contributed by atoms with Crippen molar-refractivity contribution < 1.29 is 19.7 Å². The monoisotopic (exact) mass is 273 g/mol. The second kappa shape index (κ2) is 6.47. The number of phenols is 1. The maximum absolute atomic E-state index is 11.7. The Morgan fingerprint density at radius 2 is 1.75 bits per heavy atom. The predicted molar refractivity (Wildman–Crippen MR) is 73.1 cm³/mol. The van der Waals surface area contributed by atoms with Crippen LogP contribution >= 0.6 is 0 Å². The molecule has 1 N–H and O–H groups in total. The van der Waals surface area contributed by atoms with Gasteiger partial charge >= 0.3 is 6.09 Å². The Labute approximate surface area is 116 Å². The van der Waals surface area contributed by atoms with Crippen LogP contribution in [0.3, 0.4) is 0 Å². The lowest BCUT2D eigenvalue weighted by atomic mass is 10.2. The SMILES string of the molecule is CN(Cc1ccccc1)C(=O)OOc1ccccc1O. The number of carbonyl (C=O) groups excluding carboxylic acids is 1. The highest BCUT2D eigenvalue weighted by Gasteiger charge is 2.13. The minimum atomic E-state index is -0.642. The first kappa shape index (κ1) is 13.7. The number of para-hydroxylation sites is 2. The number of hydrogen-bond donors (Lipinski definition) is 1. The quantitative estimate of drug-likeness (QED) is 0.687. The maximum Gasteiger partial charge on any atom is 0.452 e. The minimum absolute atomic E-state index is 0.0916. The molecular formula is C15H15NO4. The van der Waals surface area contributed by atoms with Gasteiger partial charge in [0.15, 0.2) is 5.75 Å². The first-order chi connectivity index (χ1) is 9.66. The molecule has 0 radical (unpaired) electrons. The van der Waals surface area contributed by atoms with Crippen LogP contribution in [0.4, 0.5) is 4.79 Å². The van der Waals surface area contributed by atoms with Gasteiger partial charge in [0, 0.05) is 13.6 Å². The lowest BCUT2D eigenvalue weighted by molar-refractivity contribution is -0.154. The van der Waals surface area contributed by atoms with E-state index < -0.39 is 6.09 Å². The molecule has 0 aliphatic carbocycles. The molecule has 0 atom stereocenters. The number of nitrogens with zero attached hydrogens (tertiary/aromatic N) is 1. The highest BCUT2D eigenvalue weighted by Crippen LogP contribution is 2.24. The molecule has 20 heavy (non-hydrogen) atoms. The van der Waals surface area contributed by atoms with Crippen molar-refractivity contribution in [2.45, 2.75) is 6.54 Å². The average molecular weight is 273 g/mol. The molecule has 0 fully saturated rings. The second-order valence-corrected chi connectivity index (χ2v) is 4.24. The number of hydrogen-bond acceptors (Lipinski definition) is 4. The van der Waals surface area contributed by atoms with Gasteiger partial charge in [-0.25, -0.2) is 9.68 Å². The van der Waals surface area contributed by atoms with E-state index in [4.69, 9.17) is 4.89 Å². The van der Waals surface area contributed by atoms with Gasteiger partial charge in [-0.2, -0.15) is 0 Å². The molecule has 0 aromatic heterocycles. The van der Waals surface area contributed by atoms with Crippen molar-refractivity contribution in [2.75, 3.05) is 7.05 Å². The molecule has 0 aliphatic rings. The van der Waals surface area contributed by atoms with Crippen LogP contribution < -0.4 is 4.89 Å². The Bertz CT molecular complexity index is 571. The zero-order chi connectivity index (χ0) is 14.4. The van der Waals surface area contributed by atoms with Crippen molar-refractivity contribution in [3.8, 4) is 11.5 Å². The van der Waals surface area contributed by atoms with Crippen molar-refractivity contribution in [1.82, 2.24) is 4.90 Å². The number of amides is 1. The standard InChI is InChI=1S/C15H15NO4/c1-16(11-12-7-3-2-4-8-12)15(18)20-19-14-10-6-5-9-13(14)17/h2-10,17H,11H2,1H3. The summed E-state index contributed by atoms with van der Waals surface area (Å²) in [7, 11) is 1.60. The van der Waals surface area contributed by atoms with E-state index in [0.717, 1.165) is 5.56 Å². The van der Waals surface area contributed by atoms with E-state index in [2.05, 4.69) is 4.89 Å². The van der Waals surface area contributed by atoms with E-state index in [1.54, 1.807) is 19.2 Å². The van der Waals surface area contributed by atoms with Crippen LogP contribution in [-0.4, -0.2) is 23.1 Å². The molecule has 0 heterocycles. The van der Waals surface area contributed by atoms with E-state index in [9.17, 15) is 9.90 Å². The van der Waals surface area contributed by atoms with Gasteiger partial charge in [-0.3, -0.25) is 4.89 Å². The summed E-state index contributed by atoms with van der Waals surface area (Å²) >= 11 is 0. The fourth-order valence-corrected chi connectivity index (χ4v) is 1.59. The zero-order valence-electron chi connectivity index (χ0n) is 11.0. The second-order valence-electron chi connectivity index (χ2n) is 4.24. The molecule has 104 valence electrons. The molecule has 5 heteroatoms. The van der Waals surface area contributed by atoms with E-state index in [1.165, 1.54) is 17.0 Å². The summed E-state index contributed by atoms with van der Waals surface area (Å²) in [5.74, 6) is -0.0000245. The highest BCUT2D eigenvalue weighted by molar-refractivity contribution is 5.66. The molecule has 0 spiro atoms. The van der Waals surface area contributed by atoms with Crippen LogP contribution in [0.15, 0.2) is 54.6 Å². The Kier molecular flexibility index (Phi) is 4.44. The molecule has 2 rings (SSSR count). The summed E-state index contributed by atoms with van der Waals surface area (Å²) < 4.78 is 0. The van der Waals surface area contributed by atoms with Crippen LogP contribution in [-0.2, 0) is 11.4 Å². The minimum Gasteiger partial charge on any atom is -0.504 e. The molecular weight excluding hydrogens is 258 g/mol. The Morgan fingerprint density at radius 1 is 1.10 bits per heavy atom. The lowest BCUT2D eigenvalue weighted by Crippen LogP contribution is -2.28. The van der Waals surface area contributed by atoms with Crippen molar-refractivity contribution >= 4 is 6.09 Å². The number of rotatable bonds is 4. The number of carbonyl (C=O) groups is 1. The highest BCUT2D eigenvalue weighted by atomic mass is 17.2. The molecule has 0 bridgehead atoms. The van der Waals surface area contributed by atoms with Crippen molar-refractivity contribution in [3.05, 3.63) is 60.2 Å². The Morgan fingerprint density at radius 3 is 2.45 bits per heavy atom. The summed E-state index contributed by atoms with van der Waals surface area (Å²) in [5, 5.41) is 9.47. The van der Waals surface area contributed by atoms with Crippen molar-refractivity contribution in [2.24, 2.45) is 0 Å². The van der Waals surface area contributed by atoms with E-state index in [1.807, 2.05) is 30.3 Å². The first-order valence-electron chi connectivity index (χ1n) is 6.08. The third kappa shape index (κ3) is 3.65. The largest absolute Gasteiger partial charge is 0.504 e. The molecule has 0 unspecified atom stereocenters. The van der Waals surface area contributed by atoms with Crippen molar-refractivity contribution in [1.29, 1.82) is 0 Å². The van der Waals surface area contributed by atoms with E-state index >= 15 is 0 Å². The Hall–Kier alpha value is -2.69. The molecule has 2 aromatic rings. The normalized spacial score (nSPS) is 9.85. The summed E-state index contributed by atoms with van der Waals surface area (Å²) in [6.07, 6.45) is -0.642. The molecule has 1 amide bonds. The molecule has 2 aromatic carbocycles. The smallest absolute Gasteiger partial charge is 0.452 e. The van der Waals surface area contributed by atoms with Crippen LogP contribution in [0, 0.1) is 0 Å². The Balaban J connectivity index is 1.87. The molecule has 0 aliphatic heterocycles. The summed E-state index contributed by atoms with van der Waals surface area (Å²) in [4.78, 5) is 22.6. The summed E-state index contributed by atoms with van der Waals surface area (Å²) in [5.41, 5.74) is 0.981. The average Bonchev–Trinajstić information content (AvgIpc) is 2.47. The van der Waals surface area contributed by atoms with Crippen LogP contribution in [0.2, 0.25) is 0 Å². The van der Waals surface area contributed by atoms with Gasteiger partial charge in [0.1, 0.15) is 0 Å². The molecule has 0 saturated heterocycles. The van der Waals surface area contributed by atoms with Gasteiger partial charge in [0.2, 0.25) is 5.75 Å². The van der Waals surface area contributed by atoms with Gasteiger partial charge in [0.25, 0.3) is 0 Å². The van der Waals surface area contributed by atoms with E-state index in [-0.39, 0.29) is 11.5 Å². The van der Waals surface area contributed by atoms with Crippen LogP contribution in [0.25, 0.3) is 0 Å². The predicted octanol–water partition coefficient (Wildman–Crippen LogP) is 2.95.